The highest BCUT2D eigenvalue weighted by Gasteiger charge is 2.03. The lowest BCUT2D eigenvalue weighted by molar-refractivity contribution is -0.120. The van der Waals surface area contributed by atoms with Crippen molar-refractivity contribution in [3.05, 3.63) is 58.5 Å². The fraction of sp³-hybridized carbons (Fsp3) is 0.250. The molecule has 0 aliphatic rings. The average Bonchev–Trinajstić information content (AvgIpc) is 2.80. The molecule has 20 heavy (non-hydrogen) atoms. The van der Waals surface area contributed by atoms with Gasteiger partial charge < -0.3 is 4.42 Å². The standard InChI is InChI=1S/C16H18N2O2/c1-11-4-6-14(8-12(11)2)9-16(19)18-17-10-15-7-5-13(3)20-15/h4-8,10H,9H2,1-3H3,(H,18,19)/b17-10-. The number of nitrogens with zero attached hydrogens (tertiary/aromatic N) is 1. The van der Waals surface area contributed by atoms with Crippen LogP contribution in [0.5, 0.6) is 0 Å². The zero-order chi connectivity index (χ0) is 14.5. The Hall–Kier alpha value is -2.36. The lowest BCUT2D eigenvalue weighted by Gasteiger charge is -2.04. The molecule has 1 N–H and O–H groups in total. The molecule has 0 aliphatic heterocycles. The molecule has 1 heterocycles. The van der Waals surface area contributed by atoms with E-state index in [2.05, 4.69) is 17.5 Å². The summed E-state index contributed by atoms with van der Waals surface area (Å²) in [4.78, 5) is 11.7. The zero-order valence-electron chi connectivity index (χ0n) is 11.9. The van der Waals surface area contributed by atoms with E-state index in [1.54, 1.807) is 6.07 Å². The third-order valence-electron chi connectivity index (χ3n) is 3.08. The van der Waals surface area contributed by atoms with Gasteiger partial charge in [0.15, 0.2) is 0 Å². The molecular formula is C16H18N2O2. The van der Waals surface area contributed by atoms with Crippen molar-refractivity contribution >= 4 is 12.1 Å². The van der Waals surface area contributed by atoms with E-state index in [1.807, 2.05) is 38.1 Å². The van der Waals surface area contributed by atoms with Crippen LogP contribution in [0.2, 0.25) is 0 Å². The number of carbonyl (C=O) groups excluding carboxylic acids is 1. The van der Waals surface area contributed by atoms with Gasteiger partial charge >= 0.3 is 0 Å². The summed E-state index contributed by atoms with van der Waals surface area (Å²) >= 11 is 0. The molecule has 0 atom stereocenters. The summed E-state index contributed by atoms with van der Waals surface area (Å²) < 4.78 is 5.31. The predicted molar refractivity (Wildman–Crippen MR) is 78.8 cm³/mol. The Labute approximate surface area is 118 Å². The predicted octanol–water partition coefficient (Wildman–Crippen LogP) is 2.90. The molecule has 0 saturated heterocycles. The molecule has 0 radical (unpaired) electrons. The fourth-order valence-corrected chi connectivity index (χ4v) is 1.83. The van der Waals surface area contributed by atoms with Crippen LogP contribution >= 0.6 is 0 Å². The van der Waals surface area contributed by atoms with Gasteiger partial charge in [0.2, 0.25) is 5.91 Å². The number of nitrogens with one attached hydrogen (secondary N) is 1. The van der Waals surface area contributed by atoms with E-state index in [4.69, 9.17) is 4.42 Å². The molecule has 0 aliphatic carbocycles. The van der Waals surface area contributed by atoms with Gasteiger partial charge in [0.25, 0.3) is 0 Å². The third-order valence-corrected chi connectivity index (χ3v) is 3.08. The number of amides is 1. The summed E-state index contributed by atoms with van der Waals surface area (Å²) in [5.74, 6) is 1.29. The van der Waals surface area contributed by atoms with Gasteiger partial charge in [-0.3, -0.25) is 4.79 Å². The third kappa shape index (κ3) is 3.82. The van der Waals surface area contributed by atoms with Crippen molar-refractivity contribution in [2.24, 2.45) is 5.10 Å². The van der Waals surface area contributed by atoms with Crippen LogP contribution < -0.4 is 5.43 Å². The number of hydrazone groups is 1. The normalized spacial score (nSPS) is 10.9. The highest BCUT2D eigenvalue weighted by Crippen LogP contribution is 2.10. The van der Waals surface area contributed by atoms with Crippen LogP contribution in [-0.2, 0) is 11.2 Å². The van der Waals surface area contributed by atoms with E-state index >= 15 is 0 Å². The van der Waals surface area contributed by atoms with Crippen LogP contribution in [-0.4, -0.2) is 12.1 Å². The second-order valence-corrected chi connectivity index (χ2v) is 4.84. The molecule has 0 spiro atoms. The van der Waals surface area contributed by atoms with Crippen molar-refractivity contribution in [3.63, 3.8) is 0 Å². The van der Waals surface area contributed by atoms with Crippen molar-refractivity contribution in [1.29, 1.82) is 0 Å². The summed E-state index contributed by atoms with van der Waals surface area (Å²) in [6.45, 7) is 5.94. The molecule has 1 aromatic carbocycles. The van der Waals surface area contributed by atoms with Crippen molar-refractivity contribution < 1.29 is 9.21 Å². The summed E-state index contributed by atoms with van der Waals surface area (Å²) in [6, 6.07) is 9.65. The van der Waals surface area contributed by atoms with Crippen molar-refractivity contribution in [3.8, 4) is 0 Å². The number of hydrogen-bond donors (Lipinski definition) is 1. The molecule has 104 valence electrons. The highest BCUT2D eigenvalue weighted by atomic mass is 16.3. The first kappa shape index (κ1) is 14.1. The summed E-state index contributed by atoms with van der Waals surface area (Å²) in [6.07, 6.45) is 1.81. The Morgan fingerprint density at radius 2 is 2.00 bits per heavy atom. The Kier molecular flexibility index (Phi) is 4.35. The number of hydrogen-bond acceptors (Lipinski definition) is 3. The largest absolute Gasteiger partial charge is 0.460 e. The maximum absolute atomic E-state index is 11.7. The van der Waals surface area contributed by atoms with E-state index in [0.29, 0.717) is 12.2 Å². The van der Waals surface area contributed by atoms with Gasteiger partial charge in [-0.25, -0.2) is 5.43 Å². The zero-order valence-corrected chi connectivity index (χ0v) is 11.9. The SMILES string of the molecule is Cc1ccc(/C=N\NC(=O)Cc2ccc(C)c(C)c2)o1. The summed E-state index contributed by atoms with van der Waals surface area (Å²) in [5, 5.41) is 3.87. The first-order valence-electron chi connectivity index (χ1n) is 6.49. The second kappa shape index (κ2) is 6.19. The maximum atomic E-state index is 11.7. The van der Waals surface area contributed by atoms with E-state index in [1.165, 1.54) is 17.3 Å². The number of carbonyl (C=O) groups is 1. The summed E-state index contributed by atoms with van der Waals surface area (Å²) in [5.41, 5.74) is 5.88. The second-order valence-electron chi connectivity index (χ2n) is 4.84. The van der Waals surface area contributed by atoms with E-state index in [9.17, 15) is 4.79 Å². The van der Waals surface area contributed by atoms with Gasteiger partial charge in [-0.2, -0.15) is 5.10 Å². The molecular weight excluding hydrogens is 252 g/mol. The lowest BCUT2D eigenvalue weighted by atomic mass is 10.0. The average molecular weight is 270 g/mol. The van der Waals surface area contributed by atoms with E-state index in [0.717, 1.165) is 11.3 Å². The smallest absolute Gasteiger partial charge is 0.244 e. The Morgan fingerprint density at radius 3 is 2.65 bits per heavy atom. The van der Waals surface area contributed by atoms with Gasteiger partial charge in [0, 0.05) is 0 Å². The molecule has 0 saturated carbocycles. The Morgan fingerprint density at radius 1 is 1.20 bits per heavy atom. The maximum Gasteiger partial charge on any atom is 0.244 e. The topological polar surface area (TPSA) is 54.6 Å². The summed E-state index contributed by atoms with van der Waals surface area (Å²) in [7, 11) is 0. The van der Waals surface area contributed by atoms with Gasteiger partial charge in [-0.15, -0.1) is 0 Å². The van der Waals surface area contributed by atoms with Crippen LogP contribution in [0.3, 0.4) is 0 Å². The van der Waals surface area contributed by atoms with Crippen molar-refractivity contribution in [2.75, 3.05) is 0 Å². The molecule has 2 rings (SSSR count). The van der Waals surface area contributed by atoms with Crippen LogP contribution in [0.1, 0.15) is 28.2 Å². The number of aryl methyl sites for hydroxylation is 3. The minimum absolute atomic E-state index is 0.146. The minimum atomic E-state index is -0.146. The molecule has 4 heteroatoms. The quantitative estimate of drug-likeness (QED) is 0.686. The lowest BCUT2D eigenvalue weighted by Crippen LogP contribution is -2.19. The molecule has 1 aromatic heterocycles. The highest BCUT2D eigenvalue weighted by molar-refractivity contribution is 5.81. The molecule has 4 nitrogen and oxygen atoms in total. The molecule has 0 unspecified atom stereocenters. The Balaban J connectivity index is 1.89. The van der Waals surface area contributed by atoms with Gasteiger partial charge in [-0.1, -0.05) is 18.2 Å². The number of benzene rings is 1. The number of furan rings is 1. The minimum Gasteiger partial charge on any atom is -0.460 e. The van der Waals surface area contributed by atoms with Crippen molar-refractivity contribution in [2.45, 2.75) is 27.2 Å². The van der Waals surface area contributed by atoms with Crippen LogP contribution in [0.25, 0.3) is 0 Å². The molecule has 1 amide bonds. The van der Waals surface area contributed by atoms with Crippen molar-refractivity contribution in [1.82, 2.24) is 5.43 Å². The van der Waals surface area contributed by atoms with Crippen LogP contribution in [0.4, 0.5) is 0 Å². The van der Waals surface area contributed by atoms with Crippen LogP contribution in [0.15, 0.2) is 39.9 Å². The molecule has 2 aromatic rings. The van der Waals surface area contributed by atoms with E-state index in [-0.39, 0.29) is 5.91 Å². The molecule has 0 fully saturated rings. The monoisotopic (exact) mass is 270 g/mol. The van der Waals surface area contributed by atoms with E-state index < -0.39 is 0 Å². The van der Waals surface area contributed by atoms with Gasteiger partial charge in [0.05, 0.1) is 12.6 Å². The number of rotatable bonds is 4. The Bertz CT molecular complexity index is 642. The first-order valence-corrected chi connectivity index (χ1v) is 6.49. The molecule has 0 bridgehead atoms. The fourth-order valence-electron chi connectivity index (χ4n) is 1.83. The van der Waals surface area contributed by atoms with Gasteiger partial charge in [-0.05, 0) is 49.6 Å². The van der Waals surface area contributed by atoms with Crippen LogP contribution in [0, 0.1) is 20.8 Å². The van der Waals surface area contributed by atoms with Gasteiger partial charge in [0.1, 0.15) is 11.5 Å². The first-order chi connectivity index (χ1) is 9.54.